The molecule has 4 nitrogen and oxygen atoms in total. The van der Waals surface area contributed by atoms with Crippen LogP contribution in [-0.2, 0) is 0 Å². The van der Waals surface area contributed by atoms with Gasteiger partial charge in [-0.05, 0) is 17.3 Å². The van der Waals surface area contributed by atoms with Gasteiger partial charge in [0.15, 0.2) is 5.69 Å². The molecule has 2 aromatic rings. The van der Waals surface area contributed by atoms with Crippen molar-refractivity contribution in [1.29, 1.82) is 0 Å². The molecule has 5 heteroatoms. The predicted octanol–water partition coefficient (Wildman–Crippen LogP) is 3.24. The van der Waals surface area contributed by atoms with Gasteiger partial charge in [-0.3, -0.25) is 5.10 Å². The topological polar surface area (TPSA) is 58.1 Å². The third-order valence-electron chi connectivity index (χ3n) is 1.85. The molecule has 0 saturated heterocycles. The van der Waals surface area contributed by atoms with Gasteiger partial charge in [0.1, 0.15) is 0 Å². The minimum atomic E-state index is 0.326. The van der Waals surface area contributed by atoms with Gasteiger partial charge in [0.25, 0.3) is 0 Å². The Bertz CT molecular complexity index is 449. The molecular weight excluding hydrogens is 246 g/mol. The summed E-state index contributed by atoms with van der Waals surface area (Å²) in [5, 5.41) is 9.37. The van der Waals surface area contributed by atoms with E-state index < -0.39 is 0 Å². The number of rotatable bonds is 2. The van der Waals surface area contributed by atoms with E-state index in [2.05, 4.69) is 31.3 Å². The summed E-state index contributed by atoms with van der Waals surface area (Å²) >= 11 is 3.33. The van der Waals surface area contributed by atoms with Crippen LogP contribution >= 0.6 is 15.9 Å². The number of aromatic amines is 1. The van der Waals surface area contributed by atoms with Gasteiger partial charge in [-0.2, -0.15) is 5.10 Å². The van der Waals surface area contributed by atoms with Gasteiger partial charge in [0.05, 0.1) is 11.9 Å². The molecule has 0 unspecified atom stereocenters. The fraction of sp³-hybridized carbons (Fsp3) is 0. The van der Waals surface area contributed by atoms with E-state index in [1.807, 2.05) is 24.3 Å². The molecule has 0 amide bonds. The number of nitroso groups, excluding NO2 is 1. The number of nitrogens with one attached hydrogen (secondary N) is 1. The van der Waals surface area contributed by atoms with Crippen LogP contribution in [0.1, 0.15) is 0 Å². The normalized spacial score (nSPS) is 10.1. The largest absolute Gasteiger partial charge is 0.275 e. The van der Waals surface area contributed by atoms with Gasteiger partial charge in [-0.15, -0.1) is 4.91 Å². The molecule has 2 rings (SSSR count). The second kappa shape index (κ2) is 3.71. The van der Waals surface area contributed by atoms with E-state index >= 15 is 0 Å². The first-order chi connectivity index (χ1) is 6.81. The molecule has 0 aliphatic heterocycles. The van der Waals surface area contributed by atoms with Crippen LogP contribution in [0.5, 0.6) is 0 Å². The molecule has 14 heavy (non-hydrogen) atoms. The van der Waals surface area contributed by atoms with Crippen LogP contribution < -0.4 is 0 Å². The second-order valence-corrected chi connectivity index (χ2v) is 3.64. The van der Waals surface area contributed by atoms with E-state index in [1.165, 1.54) is 6.20 Å². The molecule has 70 valence electrons. The van der Waals surface area contributed by atoms with E-state index in [9.17, 15) is 4.91 Å². The number of nitrogens with zero attached hydrogens (tertiary/aromatic N) is 2. The molecule has 0 fully saturated rings. The maximum atomic E-state index is 10.4. The summed E-state index contributed by atoms with van der Waals surface area (Å²) in [4.78, 5) is 10.4. The molecule has 0 aliphatic rings. The molecule has 1 heterocycles. The van der Waals surface area contributed by atoms with E-state index in [4.69, 9.17) is 0 Å². The summed E-state index contributed by atoms with van der Waals surface area (Å²) in [7, 11) is 0. The molecule has 0 spiro atoms. The average Bonchev–Trinajstić information content (AvgIpc) is 2.67. The van der Waals surface area contributed by atoms with Crippen molar-refractivity contribution >= 4 is 21.6 Å². The molecular formula is C9H6BrN3O. The zero-order valence-corrected chi connectivity index (χ0v) is 8.65. The van der Waals surface area contributed by atoms with Gasteiger partial charge in [-0.1, -0.05) is 28.1 Å². The van der Waals surface area contributed by atoms with E-state index in [0.717, 1.165) is 10.0 Å². The SMILES string of the molecule is O=Nc1cn[nH]c1-c1ccc(Br)cc1. The Balaban J connectivity index is 2.49. The predicted molar refractivity (Wildman–Crippen MR) is 57.2 cm³/mol. The average molecular weight is 252 g/mol. The van der Waals surface area contributed by atoms with E-state index in [0.29, 0.717) is 11.4 Å². The number of hydrogen-bond donors (Lipinski definition) is 1. The van der Waals surface area contributed by atoms with Crippen molar-refractivity contribution in [3.05, 3.63) is 39.8 Å². The highest BCUT2D eigenvalue weighted by Gasteiger charge is 2.06. The lowest BCUT2D eigenvalue weighted by Crippen LogP contribution is -1.77. The van der Waals surface area contributed by atoms with Crippen molar-refractivity contribution in [2.45, 2.75) is 0 Å². The highest BCUT2D eigenvalue weighted by molar-refractivity contribution is 9.10. The van der Waals surface area contributed by atoms with Crippen LogP contribution in [-0.4, -0.2) is 10.2 Å². The van der Waals surface area contributed by atoms with Crippen molar-refractivity contribution in [1.82, 2.24) is 10.2 Å². The van der Waals surface area contributed by atoms with Crippen LogP contribution in [0.25, 0.3) is 11.3 Å². The lowest BCUT2D eigenvalue weighted by atomic mass is 10.1. The van der Waals surface area contributed by atoms with Gasteiger partial charge in [-0.25, -0.2) is 0 Å². The van der Waals surface area contributed by atoms with Crippen LogP contribution in [0, 0.1) is 4.91 Å². The fourth-order valence-electron chi connectivity index (χ4n) is 1.18. The fourth-order valence-corrected chi connectivity index (χ4v) is 1.44. The number of benzene rings is 1. The lowest BCUT2D eigenvalue weighted by Gasteiger charge is -1.97. The highest BCUT2D eigenvalue weighted by Crippen LogP contribution is 2.28. The molecule has 0 radical (unpaired) electrons. The van der Waals surface area contributed by atoms with Gasteiger partial charge in [0, 0.05) is 10.0 Å². The summed E-state index contributed by atoms with van der Waals surface area (Å²) in [5.41, 5.74) is 1.86. The number of halogens is 1. The van der Waals surface area contributed by atoms with Crippen molar-refractivity contribution < 1.29 is 0 Å². The summed E-state index contributed by atoms with van der Waals surface area (Å²) < 4.78 is 0.987. The first kappa shape index (κ1) is 9.08. The van der Waals surface area contributed by atoms with Crippen LogP contribution in [0.3, 0.4) is 0 Å². The first-order valence-corrected chi connectivity index (χ1v) is 4.73. The zero-order valence-electron chi connectivity index (χ0n) is 7.07. The molecule has 1 aromatic carbocycles. The molecule has 1 N–H and O–H groups in total. The van der Waals surface area contributed by atoms with Crippen LogP contribution in [0.15, 0.2) is 40.1 Å². The molecule has 0 atom stereocenters. The van der Waals surface area contributed by atoms with Gasteiger partial charge in [0.2, 0.25) is 0 Å². The maximum absolute atomic E-state index is 10.4. The standard InChI is InChI=1S/C9H6BrN3O/c10-7-3-1-6(2-4-7)9-8(13-14)5-11-12-9/h1-5H,(H,11,12). The summed E-state index contributed by atoms with van der Waals surface area (Å²) in [6, 6.07) is 7.55. The first-order valence-electron chi connectivity index (χ1n) is 3.94. The van der Waals surface area contributed by atoms with Gasteiger partial charge >= 0.3 is 0 Å². The Morgan fingerprint density at radius 3 is 2.64 bits per heavy atom. The summed E-state index contributed by atoms with van der Waals surface area (Å²) in [5.74, 6) is 0. The summed E-state index contributed by atoms with van der Waals surface area (Å²) in [6.07, 6.45) is 1.41. The lowest BCUT2D eigenvalue weighted by molar-refractivity contribution is 1.10. The maximum Gasteiger partial charge on any atom is 0.153 e. The van der Waals surface area contributed by atoms with Crippen molar-refractivity contribution in [3.8, 4) is 11.3 Å². The smallest absolute Gasteiger partial charge is 0.153 e. The van der Waals surface area contributed by atoms with Crippen LogP contribution in [0.2, 0.25) is 0 Å². The second-order valence-electron chi connectivity index (χ2n) is 2.73. The Morgan fingerprint density at radius 2 is 2.00 bits per heavy atom. The number of hydrogen-bond acceptors (Lipinski definition) is 3. The Morgan fingerprint density at radius 1 is 1.29 bits per heavy atom. The Hall–Kier alpha value is -1.49. The van der Waals surface area contributed by atoms with Crippen molar-refractivity contribution in [3.63, 3.8) is 0 Å². The van der Waals surface area contributed by atoms with E-state index in [-0.39, 0.29) is 0 Å². The minimum absolute atomic E-state index is 0.326. The third-order valence-corrected chi connectivity index (χ3v) is 2.38. The van der Waals surface area contributed by atoms with Crippen LogP contribution in [0.4, 0.5) is 5.69 Å². The summed E-state index contributed by atoms with van der Waals surface area (Å²) in [6.45, 7) is 0. The molecule has 1 aromatic heterocycles. The minimum Gasteiger partial charge on any atom is -0.275 e. The molecule has 0 saturated carbocycles. The monoisotopic (exact) mass is 251 g/mol. The van der Waals surface area contributed by atoms with Crippen molar-refractivity contribution in [2.75, 3.05) is 0 Å². The quantitative estimate of drug-likeness (QED) is 0.834. The van der Waals surface area contributed by atoms with Gasteiger partial charge < -0.3 is 0 Å². The third kappa shape index (κ3) is 1.58. The zero-order chi connectivity index (χ0) is 9.97. The number of aromatic nitrogens is 2. The Kier molecular flexibility index (Phi) is 2.41. The molecule has 0 bridgehead atoms. The Labute approximate surface area is 88.4 Å². The highest BCUT2D eigenvalue weighted by atomic mass is 79.9. The number of H-pyrrole nitrogens is 1. The van der Waals surface area contributed by atoms with Crippen molar-refractivity contribution in [2.24, 2.45) is 5.18 Å². The van der Waals surface area contributed by atoms with E-state index in [1.54, 1.807) is 0 Å². The molecule has 0 aliphatic carbocycles.